The maximum absolute atomic E-state index is 10.7. The number of amides is 1. The summed E-state index contributed by atoms with van der Waals surface area (Å²) in [6, 6.07) is 10.4. The molecule has 70 valence electrons. The molecule has 1 atom stereocenters. The van der Waals surface area contributed by atoms with E-state index in [2.05, 4.69) is 17.4 Å². The van der Waals surface area contributed by atoms with Crippen LogP contribution >= 0.6 is 0 Å². The van der Waals surface area contributed by atoms with Crippen molar-refractivity contribution in [1.29, 1.82) is 0 Å². The van der Waals surface area contributed by atoms with Crippen molar-refractivity contribution in [2.24, 2.45) is 0 Å². The lowest BCUT2D eigenvalue weighted by Crippen LogP contribution is -2.31. The molecular weight excluding hydrogens is 162 g/mol. The summed E-state index contributed by atoms with van der Waals surface area (Å²) < 4.78 is 0. The van der Waals surface area contributed by atoms with E-state index in [0.717, 1.165) is 6.42 Å². The molecule has 0 fully saturated rings. The van der Waals surface area contributed by atoms with E-state index >= 15 is 0 Å². The van der Waals surface area contributed by atoms with E-state index in [4.69, 9.17) is 0 Å². The molecule has 0 aliphatic carbocycles. The van der Waals surface area contributed by atoms with Crippen LogP contribution in [0.25, 0.3) is 0 Å². The number of nitrogens with one attached hydrogen (secondary N) is 1. The van der Waals surface area contributed by atoms with E-state index in [0.29, 0.717) is 0 Å². The van der Waals surface area contributed by atoms with Gasteiger partial charge in [-0.25, -0.2) is 0 Å². The van der Waals surface area contributed by atoms with Crippen molar-refractivity contribution in [2.45, 2.75) is 26.3 Å². The highest BCUT2D eigenvalue weighted by atomic mass is 16.1. The molecule has 0 heterocycles. The van der Waals surface area contributed by atoms with Gasteiger partial charge in [0.2, 0.25) is 5.91 Å². The summed E-state index contributed by atoms with van der Waals surface area (Å²) >= 11 is 0. The van der Waals surface area contributed by atoms with E-state index in [1.165, 1.54) is 5.56 Å². The Labute approximate surface area is 79.0 Å². The van der Waals surface area contributed by atoms with E-state index in [-0.39, 0.29) is 11.9 Å². The van der Waals surface area contributed by atoms with Gasteiger partial charge in [-0.3, -0.25) is 4.79 Å². The standard InChI is InChI=1S/C11H15NO/c1-9(12-10(2)13)8-11-6-4-3-5-7-11/h3-7,9H,8H2,1-2H3,(H,12,13)/t9-/m1/s1. The molecule has 13 heavy (non-hydrogen) atoms. The highest BCUT2D eigenvalue weighted by Gasteiger charge is 2.03. The first-order valence-corrected chi connectivity index (χ1v) is 4.49. The first-order valence-electron chi connectivity index (χ1n) is 4.49. The van der Waals surface area contributed by atoms with Crippen molar-refractivity contribution in [1.82, 2.24) is 5.32 Å². The van der Waals surface area contributed by atoms with Gasteiger partial charge in [0.15, 0.2) is 0 Å². The molecule has 0 spiro atoms. The molecule has 1 rings (SSSR count). The minimum absolute atomic E-state index is 0.0310. The predicted molar refractivity (Wildman–Crippen MR) is 53.4 cm³/mol. The summed E-state index contributed by atoms with van der Waals surface area (Å²) in [6.45, 7) is 3.55. The minimum atomic E-state index is 0.0310. The molecule has 0 aliphatic rings. The second-order valence-corrected chi connectivity index (χ2v) is 3.29. The van der Waals surface area contributed by atoms with Crippen LogP contribution in [0, 0.1) is 0 Å². The third-order valence-corrected chi connectivity index (χ3v) is 1.83. The lowest BCUT2D eigenvalue weighted by Gasteiger charge is -2.11. The van der Waals surface area contributed by atoms with Crippen molar-refractivity contribution < 1.29 is 4.79 Å². The Morgan fingerprint density at radius 1 is 1.38 bits per heavy atom. The summed E-state index contributed by atoms with van der Waals surface area (Å²) in [7, 11) is 0. The van der Waals surface area contributed by atoms with Crippen LogP contribution in [-0.4, -0.2) is 11.9 Å². The SMILES string of the molecule is CC(=O)N[C@H](C)Cc1ccccc1. The molecule has 1 aromatic rings. The fourth-order valence-electron chi connectivity index (χ4n) is 1.37. The summed E-state index contributed by atoms with van der Waals surface area (Å²) in [4.78, 5) is 10.7. The van der Waals surface area contributed by atoms with Gasteiger partial charge < -0.3 is 5.32 Å². The van der Waals surface area contributed by atoms with Gasteiger partial charge in [-0.2, -0.15) is 0 Å². The van der Waals surface area contributed by atoms with Crippen LogP contribution in [-0.2, 0) is 11.2 Å². The zero-order valence-corrected chi connectivity index (χ0v) is 8.08. The summed E-state index contributed by atoms with van der Waals surface area (Å²) in [5.41, 5.74) is 1.25. The molecule has 0 saturated heterocycles. The molecule has 1 aromatic carbocycles. The van der Waals surface area contributed by atoms with Gasteiger partial charge in [0.1, 0.15) is 0 Å². The number of carbonyl (C=O) groups excluding carboxylic acids is 1. The maximum Gasteiger partial charge on any atom is 0.217 e. The van der Waals surface area contributed by atoms with Gasteiger partial charge in [-0.15, -0.1) is 0 Å². The Morgan fingerprint density at radius 3 is 2.54 bits per heavy atom. The largest absolute Gasteiger partial charge is 0.354 e. The molecule has 2 nitrogen and oxygen atoms in total. The van der Waals surface area contributed by atoms with Crippen molar-refractivity contribution >= 4 is 5.91 Å². The first kappa shape index (κ1) is 9.78. The number of carbonyl (C=O) groups is 1. The van der Waals surface area contributed by atoms with Gasteiger partial charge in [0.05, 0.1) is 0 Å². The quantitative estimate of drug-likeness (QED) is 0.748. The van der Waals surface area contributed by atoms with Crippen LogP contribution in [0.1, 0.15) is 19.4 Å². The topological polar surface area (TPSA) is 29.1 Å². The Balaban J connectivity index is 2.45. The summed E-state index contributed by atoms with van der Waals surface area (Å²) in [6.07, 6.45) is 0.889. The van der Waals surface area contributed by atoms with Gasteiger partial charge in [-0.05, 0) is 18.9 Å². The predicted octanol–water partition coefficient (Wildman–Crippen LogP) is 1.75. The third-order valence-electron chi connectivity index (χ3n) is 1.83. The van der Waals surface area contributed by atoms with E-state index < -0.39 is 0 Å². The van der Waals surface area contributed by atoms with E-state index in [1.54, 1.807) is 6.92 Å². The lowest BCUT2D eigenvalue weighted by molar-refractivity contribution is -0.119. The van der Waals surface area contributed by atoms with E-state index in [1.807, 2.05) is 25.1 Å². The van der Waals surface area contributed by atoms with Crippen LogP contribution in [0.4, 0.5) is 0 Å². The number of hydrogen-bond donors (Lipinski definition) is 1. The minimum Gasteiger partial charge on any atom is -0.354 e. The monoisotopic (exact) mass is 177 g/mol. The van der Waals surface area contributed by atoms with Crippen LogP contribution < -0.4 is 5.32 Å². The Morgan fingerprint density at radius 2 is 2.00 bits per heavy atom. The van der Waals surface area contributed by atoms with Crippen molar-refractivity contribution in [3.8, 4) is 0 Å². The maximum atomic E-state index is 10.7. The van der Waals surface area contributed by atoms with Gasteiger partial charge >= 0.3 is 0 Å². The van der Waals surface area contributed by atoms with E-state index in [9.17, 15) is 4.79 Å². The summed E-state index contributed by atoms with van der Waals surface area (Å²) in [5.74, 6) is 0.0310. The Kier molecular flexibility index (Phi) is 3.50. The number of benzene rings is 1. The normalized spacial score (nSPS) is 12.2. The molecule has 0 aromatic heterocycles. The average molecular weight is 177 g/mol. The number of rotatable bonds is 3. The molecule has 0 bridgehead atoms. The molecule has 1 amide bonds. The average Bonchev–Trinajstić information content (AvgIpc) is 2.04. The lowest BCUT2D eigenvalue weighted by atomic mass is 10.1. The van der Waals surface area contributed by atoms with Crippen molar-refractivity contribution in [3.05, 3.63) is 35.9 Å². The smallest absolute Gasteiger partial charge is 0.217 e. The van der Waals surface area contributed by atoms with Crippen LogP contribution in [0.5, 0.6) is 0 Å². The fraction of sp³-hybridized carbons (Fsp3) is 0.364. The van der Waals surface area contributed by atoms with Gasteiger partial charge in [0.25, 0.3) is 0 Å². The Hall–Kier alpha value is -1.31. The molecule has 0 aliphatic heterocycles. The highest BCUT2D eigenvalue weighted by Crippen LogP contribution is 2.02. The highest BCUT2D eigenvalue weighted by molar-refractivity contribution is 5.73. The van der Waals surface area contributed by atoms with Crippen LogP contribution in [0.2, 0.25) is 0 Å². The molecule has 0 unspecified atom stereocenters. The Bertz CT molecular complexity index is 269. The second kappa shape index (κ2) is 4.65. The second-order valence-electron chi connectivity index (χ2n) is 3.29. The van der Waals surface area contributed by atoms with Crippen LogP contribution in [0.3, 0.4) is 0 Å². The zero-order valence-electron chi connectivity index (χ0n) is 8.08. The van der Waals surface area contributed by atoms with Crippen molar-refractivity contribution in [3.63, 3.8) is 0 Å². The summed E-state index contributed by atoms with van der Waals surface area (Å²) in [5, 5.41) is 2.85. The van der Waals surface area contributed by atoms with Gasteiger partial charge in [0, 0.05) is 13.0 Å². The molecule has 1 N–H and O–H groups in total. The third kappa shape index (κ3) is 3.74. The van der Waals surface area contributed by atoms with Crippen molar-refractivity contribution in [2.75, 3.05) is 0 Å². The first-order chi connectivity index (χ1) is 6.18. The zero-order chi connectivity index (χ0) is 9.68. The molecule has 0 saturated carbocycles. The van der Waals surface area contributed by atoms with Crippen LogP contribution in [0.15, 0.2) is 30.3 Å². The molecule has 0 radical (unpaired) electrons. The molecule has 2 heteroatoms. The fourth-order valence-corrected chi connectivity index (χ4v) is 1.37. The number of hydrogen-bond acceptors (Lipinski definition) is 1. The molecular formula is C11H15NO. The van der Waals surface area contributed by atoms with Gasteiger partial charge in [-0.1, -0.05) is 30.3 Å².